The summed E-state index contributed by atoms with van der Waals surface area (Å²) in [6.07, 6.45) is 4.29. The van der Waals surface area contributed by atoms with Crippen molar-refractivity contribution >= 4 is 41.2 Å². The number of urea groups is 1. The van der Waals surface area contributed by atoms with Gasteiger partial charge in [0.15, 0.2) is 0 Å². The molecule has 0 unspecified atom stereocenters. The number of anilines is 1. The number of aromatic nitrogens is 1. The number of nitrogens with zero attached hydrogens (tertiary/aromatic N) is 2. The number of benzene rings is 2. The van der Waals surface area contributed by atoms with Crippen molar-refractivity contribution in [1.82, 2.24) is 9.88 Å². The molecule has 1 aliphatic rings. The highest BCUT2D eigenvalue weighted by atomic mass is 35.5. The lowest BCUT2D eigenvalue weighted by molar-refractivity contribution is -0.122. The van der Waals surface area contributed by atoms with Crippen LogP contribution in [0.25, 0.3) is 6.08 Å². The maximum atomic E-state index is 13.2. The highest BCUT2D eigenvalue weighted by molar-refractivity contribution is 6.39. The Hall–Kier alpha value is -3.84. The third-order valence-electron chi connectivity index (χ3n) is 6.02. The molecule has 2 heterocycles. The molecule has 8 heteroatoms. The molecule has 4 amide bonds. The summed E-state index contributed by atoms with van der Waals surface area (Å²) in [5.74, 6) is -0.458. The van der Waals surface area contributed by atoms with Gasteiger partial charge < -0.3 is 9.30 Å². The molecule has 0 saturated carbocycles. The van der Waals surface area contributed by atoms with Crippen LogP contribution < -0.4 is 15.0 Å². The second-order valence-corrected chi connectivity index (χ2v) is 8.67. The third kappa shape index (κ3) is 5.30. The monoisotopic (exact) mass is 491 g/mol. The molecular weight excluding hydrogens is 466 g/mol. The average molecular weight is 492 g/mol. The lowest BCUT2D eigenvalue weighted by Crippen LogP contribution is -2.54. The van der Waals surface area contributed by atoms with Gasteiger partial charge in [-0.15, -0.1) is 0 Å². The lowest BCUT2D eigenvalue weighted by Gasteiger charge is -2.26. The van der Waals surface area contributed by atoms with Gasteiger partial charge in [-0.2, -0.15) is 0 Å². The predicted molar refractivity (Wildman–Crippen MR) is 136 cm³/mol. The Morgan fingerprint density at radius 2 is 1.77 bits per heavy atom. The zero-order valence-electron chi connectivity index (χ0n) is 19.5. The normalized spacial score (nSPS) is 15.9. The van der Waals surface area contributed by atoms with Crippen LogP contribution in [0.3, 0.4) is 0 Å². The Bertz CT molecular complexity index is 1280. The van der Waals surface area contributed by atoms with Crippen molar-refractivity contribution in [2.45, 2.75) is 32.7 Å². The topological polar surface area (TPSA) is 80.6 Å². The summed E-state index contributed by atoms with van der Waals surface area (Å²) in [6.45, 7) is 5.01. The van der Waals surface area contributed by atoms with Crippen molar-refractivity contribution in [1.29, 1.82) is 0 Å². The molecule has 180 valence electrons. The van der Waals surface area contributed by atoms with E-state index in [1.807, 2.05) is 41.1 Å². The maximum absolute atomic E-state index is 13.2. The fraction of sp³-hybridized carbons (Fsp3) is 0.222. The van der Waals surface area contributed by atoms with Gasteiger partial charge in [-0.05, 0) is 60.4 Å². The van der Waals surface area contributed by atoms with Crippen LogP contribution in [0.1, 0.15) is 37.4 Å². The van der Waals surface area contributed by atoms with E-state index in [1.54, 1.807) is 30.3 Å². The molecule has 3 aromatic rings. The number of carbonyl (C=O) groups is 3. The molecule has 0 spiro atoms. The molecule has 0 radical (unpaired) electrons. The lowest BCUT2D eigenvalue weighted by atomic mass is 9.98. The summed E-state index contributed by atoms with van der Waals surface area (Å²) < 4.78 is 7.60. The summed E-state index contributed by atoms with van der Waals surface area (Å²) in [7, 11) is 0. The fourth-order valence-electron chi connectivity index (χ4n) is 3.81. The number of nitrogens with one attached hydrogen (secondary N) is 1. The molecule has 1 fully saturated rings. The van der Waals surface area contributed by atoms with Crippen LogP contribution in [0.5, 0.6) is 5.75 Å². The van der Waals surface area contributed by atoms with Crippen molar-refractivity contribution in [2.24, 2.45) is 0 Å². The van der Waals surface area contributed by atoms with E-state index in [4.69, 9.17) is 16.3 Å². The number of imide groups is 2. The number of ether oxygens (including phenoxy) is 1. The zero-order chi connectivity index (χ0) is 24.9. The zero-order valence-corrected chi connectivity index (χ0v) is 20.3. The minimum Gasteiger partial charge on any atom is -0.490 e. The molecule has 0 bridgehead atoms. The number of para-hydroxylation sites is 1. The Balaban J connectivity index is 1.53. The summed E-state index contributed by atoms with van der Waals surface area (Å²) in [5.41, 5.74) is 2.03. The number of barbiturate groups is 1. The Kier molecular flexibility index (Phi) is 7.36. The number of amides is 4. The molecule has 7 nitrogen and oxygen atoms in total. The number of halogens is 1. The standard InChI is InChI=1S/C27H26ClN3O4/c1-3-18(2)19-10-12-20(13-11-19)31-26(33)22(25(32)29-27(31)34)17-21-7-6-14-30(21)15-16-35-24-9-5-4-8-23(24)28/h4-14,17-18H,3,15-16H2,1-2H3,(H,29,32,34)/b22-17+/t18-/m0/s1. The summed E-state index contributed by atoms with van der Waals surface area (Å²) >= 11 is 6.13. The summed E-state index contributed by atoms with van der Waals surface area (Å²) in [6, 6.07) is 17.3. The van der Waals surface area contributed by atoms with E-state index in [1.165, 1.54) is 6.08 Å². The first-order valence-corrected chi connectivity index (χ1v) is 11.8. The highest BCUT2D eigenvalue weighted by Crippen LogP contribution is 2.26. The van der Waals surface area contributed by atoms with E-state index in [0.29, 0.717) is 41.2 Å². The van der Waals surface area contributed by atoms with Crippen LogP contribution >= 0.6 is 11.6 Å². The third-order valence-corrected chi connectivity index (χ3v) is 6.33. The smallest absolute Gasteiger partial charge is 0.335 e. The van der Waals surface area contributed by atoms with Crippen LogP contribution in [0.15, 0.2) is 72.4 Å². The van der Waals surface area contributed by atoms with Crippen molar-refractivity contribution in [2.75, 3.05) is 11.5 Å². The van der Waals surface area contributed by atoms with E-state index in [0.717, 1.165) is 16.9 Å². The van der Waals surface area contributed by atoms with Crippen LogP contribution in [-0.4, -0.2) is 29.0 Å². The first-order valence-electron chi connectivity index (χ1n) is 11.4. The largest absolute Gasteiger partial charge is 0.490 e. The molecule has 0 aliphatic carbocycles. The second kappa shape index (κ2) is 10.6. The first-order chi connectivity index (χ1) is 16.9. The van der Waals surface area contributed by atoms with E-state index in [9.17, 15) is 14.4 Å². The molecule has 1 atom stereocenters. The van der Waals surface area contributed by atoms with Crippen molar-refractivity contribution < 1.29 is 19.1 Å². The first kappa shape index (κ1) is 24.3. The van der Waals surface area contributed by atoms with Crippen LogP contribution in [0.4, 0.5) is 10.5 Å². The van der Waals surface area contributed by atoms with Gasteiger partial charge in [0.25, 0.3) is 11.8 Å². The van der Waals surface area contributed by atoms with Gasteiger partial charge in [-0.1, -0.05) is 49.7 Å². The number of carbonyl (C=O) groups excluding carboxylic acids is 3. The molecule has 35 heavy (non-hydrogen) atoms. The minimum absolute atomic E-state index is 0.123. The SMILES string of the molecule is CC[C@H](C)c1ccc(N2C(=O)NC(=O)/C(=C\c3cccn3CCOc3ccccc3Cl)C2=O)cc1. The van der Waals surface area contributed by atoms with Crippen molar-refractivity contribution in [3.8, 4) is 5.75 Å². The van der Waals surface area contributed by atoms with Crippen molar-refractivity contribution in [3.63, 3.8) is 0 Å². The Morgan fingerprint density at radius 1 is 1.03 bits per heavy atom. The minimum atomic E-state index is -0.767. The second-order valence-electron chi connectivity index (χ2n) is 8.26. The van der Waals surface area contributed by atoms with E-state index >= 15 is 0 Å². The van der Waals surface area contributed by atoms with Gasteiger partial charge in [0, 0.05) is 11.9 Å². The van der Waals surface area contributed by atoms with E-state index in [-0.39, 0.29) is 5.57 Å². The van der Waals surface area contributed by atoms with Gasteiger partial charge in [-0.3, -0.25) is 14.9 Å². The molecule has 1 aromatic heterocycles. The summed E-state index contributed by atoms with van der Waals surface area (Å²) in [5, 5.41) is 2.79. The van der Waals surface area contributed by atoms with Crippen LogP contribution in [0.2, 0.25) is 5.02 Å². The number of hydrogen-bond donors (Lipinski definition) is 1. The number of hydrogen-bond acceptors (Lipinski definition) is 4. The van der Waals surface area contributed by atoms with Gasteiger partial charge in [0.2, 0.25) is 0 Å². The summed E-state index contributed by atoms with van der Waals surface area (Å²) in [4.78, 5) is 39.3. The maximum Gasteiger partial charge on any atom is 0.335 e. The molecule has 1 aliphatic heterocycles. The highest BCUT2D eigenvalue weighted by Gasteiger charge is 2.37. The van der Waals surface area contributed by atoms with Gasteiger partial charge in [0.1, 0.15) is 17.9 Å². The molecule has 2 aromatic carbocycles. The molecular formula is C27H26ClN3O4. The van der Waals surface area contributed by atoms with Gasteiger partial charge >= 0.3 is 6.03 Å². The van der Waals surface area contributed by atoms with Gasteiger partial charge in [0.05, 0.1) is 17.3 Å². The van der Waals surface area contributed by atoms with Crippen LogP contribution in [-0.2, 0) is 16.1 Å². The van der Waals surface area contributed by atoms with Crippen LogP contribution in [0, 0.1) is 0 Å². The quantitative estimate of drug-likeness (QED) is 0.338. The van der Waals surface area contributed by atoms with E-state index in [2.05, 4.69) is 19.2 Å². The fourth-order valence-corrected chi connectivity index (χ4v) is 4.00. The molecule has 1 N–H and O–H groups in total. The molecule has 4 rings (SSSR count). The molecule has 1 saturated heterocycles. The Morgan fingerprint density at radius 3 is 2.49 bits per heavy atom. The van der Waals surface area contributed by atoms with E-state index < -0.39 is 17.8 Å². The van der Waals surface area contributed by atoms with Crippen molar-refractivity contribution in [3.05, 3.63) is 88.7 Å². The Labute approximate surface area is 208 Å². The predicted octanol–water partition coefficient (Wildman–Crippen LogP) is 5.40. The van der Waals surface area contributed by atoms with Gasteiger partial charge in [-0.25, -0.2) is 9.69 Å². The number of rotatable bonds is 8. The average Bonchev–Trinajstić information content (AvgIpc) is 3.29.